The molecule has 0 unspecified atom stereocenters. The molecule has 4 rings (SSSR count). The average molecular weight is 333 g/mol. The van der Waals surface area contributed by atoms with Crippen LogP contribution < -0.4 is 5.32 Å². The van der Waals surface area contributed by atoms with Crippen molar-refractivity contribution in [2.75, 3.05) is 13.1 Å². The Morgan fingerprint density at radius 1 is 1.08 bits per heavy atom. The molecule has 0 bridgehead atoms. The van der Waals surface area contributed by atoms with Gasteiger partial charge in [-0.15, -0.1) is 0 Å². The molecule has 0 radical (unpaired) electrons. The van der Waals surface area contributed by atoms with Crippen molar-refractivity contribution in [2.24, 2.45) is 0 Å². The van der Waals surface area contributed by atoms with Crippen molar-refractivity contribution in [3.05, 3.63) is 35.9 Å². The number of aliphatic hydroxyl groups excluding tert-OH is 1. The molecule has 3 fully saturated rings. The van der Waals surface area contributed by atoms with Gasteiger partial charge in [0.1, 0.15) is 18.3 Å². The lowest BCUT2D eigenvalue weighted by Crippen LogP contribution is -2.42. The summed E-state index contributed by atoms with van der Waals surface area (Å²) in [7, 11) is 0. The summed E-state index contributed by atoms with van der Waals surface area (Å²) in [6.45, 7) is 1.47. The maximum atomic E-state index is 10.5. The van der Waals surface area contributed by atoms with Crippen LogP contribution in [0.25, 0.3) is 0 Å². The van der Waals surface area contributed by atoms with Crippen LogP contribution in [-0.2, 0) is 20.6 Å². The fourth-order valence-corrected chi connectivity index (χ4v) is 4.03. The first-order chi connectivity index (χ1) is 11.8. The average Bonchev–Trinajstić information content (AvgIpc) is 3.09. The first-order valence-electron chi connectivity index (χ1n) is 9.20. The van der Waals surface area contributed by atoms with E-state index in [1.54, 1.807) is 0 Å². The molecular formula is C19H27NO4. The van der Waals surface area contributed by atoms with E-state index in [1.165, 1.54) is 12.0 Å². The minimum Gasteiger partial charge on any atom is -0.387 e. The Kier molecular flexibility index (Phi) is 4.88. The standard InChI is InChI=1S/C19H27NO4/c21-16-15(13-20-12-9-14-7-3-1-4-8-14)22-18-17(16)23-19(24-18)10-5-2-6-11-19/h1,3-4,7-8,15-18,20-21H,2,5-6,9-13H2/t15-,16+,17-,18-/m1/s1. The van der Waals surface area contributed by atoms with Gasteiger partial charge >= 0.3 is 0 Å². The highest BCUT2D eigenvalue weighted by molar-refractivity contribution is 5.14. The Bertz CT molecular complexity index is 531. The number of aliphatic hydroxyl groups is 1. The fourth-order valence-electron chi connectivity index (χ4n) is 4.03. The number of nitrogens with one attached hydrogen (secondary N) is 1. The van der Waals surface area contributed by atoms with Gasteiger partial charge in [-0.2, -0.15) is 0 Å². The topological polar surface area (TPSA) is 60.0 Å². The van der Waals surface area contributed by atoms with Gasteiger partial charge < -0.3 is 24.6 Å². The molecule has 0 amide bonds. The van der Waals surface area contributed by atoms with Crippen LogP contribution in [0.4, 0.5) is 0 Å². The van der Waals surface area contributed by atoms with Crippen LogP contribution in [0.2, 0.25) is 0 Å². The highest BCUT2D eigenvalue weighted by Gasteiger charge is 2.57. The third-order valence-electron chi connectivity index (χ3n) is 5.37. The molecule has 5 heteroatoms. The van der Waals surface area contributed by atoms with Crippen molar-refractivity contribution in [3.63, 3.8) is 0 Å². The highest BCUT2D eigenvalue weighted by Crippen LogP contribution is 2.44. The normalized spacial score (nSPS) is 34.5. The first kappa shape index (κ1) is 16.5. The van der Waals surface area contributed by atoms with Crippen molar-refractivity contribution in [1.29, 1.82) is 0 Å². The molecule has 24 heavy (non-hydrogen) atoms. The smallest absolute Gasteiger partial charge is 0.190 e. The molecular weight excluding hydrogens is 306 g/mol. The van der Waals surface area contributed by atoms with Crippen molar-refractivity contribution in [2.45, 2.75) is 68.9 Å². The van der Waals surface area contributed by atoms with E-state index in [-0.39, 0.29) is 12.2 Å². The summed E-state index contributed by atoms with van der Waals surface area (Å²) in [5.41, 5.74) is 1.31. The van der Waals surface area contributed by atoms with Crippen molar-refractivity contribution in [1.82, 2.24) is 5.32 Å². The number of fused-ring (bicyclic) bond motifs is 1. The SMILES string of the molecule is O[C@@H]1[C@H]2OC3(CCCCC3)O[C@H]2O[C@@H]1CNCCc1ccccc1. The summed E-state index contributed by atoms with van der Waals surface area (Å²) in [6, 6.07) is 10.4. The predicted molar refractivity (Wildman–Crippen MR) is 89.5 cm³/mol. The molecule has 5 nitrogen and oxygen atoms in total. The van der Waals surface area contributed by atoms with Gasteiger partial charge in [0.25, 0.3) is 0 Å². The van der Waals surface area contributed by atoms with E-state index in [2.05, 4.69) is 29.6 Å². The molecule has 0 aromatic heterocycles. The zero-order valence-corrected chi connectivity index (χ0v) is 14.0. The zero-order valence-electron chi connectivity index (χ0n) is 14.0. The first-order valence-corrected chi connectivity index (χ1v) is 9.20. The Labute approximate surface area is 143 Å². The molecule has 1 aliphatic carbocycles. The zero-order chi connectivity index (χ0) is 16.4. The van der Waals surface area contributed by atoms with Crippen molar-refractivity contribution >= 4 is 0 Å². The van der Waals surface area contributed by atoms with Crippen LogP contribution in [0.1, 0.15) is 37.7 Å². The number of ether oxygens (including phenoxy) is 3. The van der Waals surface area contributed by atoms with Crippen LogP contribution in [-0.4, -0.2) is 48.6 Å². The Balaban J connectivity index is 1.23. The lowest BCUT2D eigenvalue weighted by atomic mass is 9.94. The van der Waals surface area contributed by atoms with E-state index >= 15 is 0 Å². The van der Waals surface area contributed by atoms with E-state index in [0.29, 0.717) is 6.54 Å². The van der Waals surface area contributed by atoms with E-state index in [0.717, 1.165) is 38.6 Å². The molecule has 3 aliphatic rings. The molecule has 132 valence electrons. The third-order valence-corrected chi connectivity index (χ3v) is 5.37. The summed E-state index contributed by atoms with van der Waals surface area (Å²) in [6.07, 6.45) is 4.63. The lowest BCUT2D eigenvalue weighted by molar-refractivity contribution is -0.245. The number of rotatable bonds is 5. The van der Waals surface area contributed by atoms with Crippen molar-refractivity contribution < 1.29 is 19.3 Å². The van der Waals surface area contributed by atoms with E-state index in [1.807, 2.05) is 6.07 Å². The van der Waals surface area contributed by atoms with E-state index in [4.69, 9.17) is 14.2 Å². The van der Waals surface area contributed by atoms with Crippen LogP contribution >= 0.6 is 0 Å². The molecule has 2 aliphatic heterocycles. The summed E-state index contributed by atoms with van der Waals surface area (Å²) in [4.78, 5) is 0. The Hall–Kier alpha value is -0.980. The maximum Gasteiger partial charge on any atom is 0.190 e. The molecule has 1 aromatic rings. The van der Waals surface area contributed by atoms with Gasteiger partial charge in [-0.3, -0.25) is 0 Å². The van der Waals surface area contributed by atoms with E-state index < -0.39 is 18.2 Å². The Morgan fingerprint density at radius 3 is 2.62 bits per heavy atom. The van der Waals surface area contributed by atoms with Crippen LogP contribution in [0, 0.1) is 0 Å². The fraction of sp³-hybridized carbons (Fsp3) is 0.684. The molecule has 2 N–H and O–H groups in total. The van der Waals surface area contributed by atoms with Gasteiger partial charge in [-0.05, 0) is 31.4 Å². The minimum absolute atomic E-state index is 0.267. The van der Waals surface area contributed by atoms with Crippen LogP contribution in [0.15, 0.2) is 30.3 Å². The van der Waals surface area contributed by atoms with Crippen molar-refractivity contribution in [3.8, 4) is 0 Å². The predicted octanol–water partition coefficient (Wildman–Crippen LogP) is 1.98. The quantitative estimate of drug-likeness (QED) is 0.807. The van der Waals surface area contributed by atoms with Gasteiger partial charge in [0.2, 0.25) is 0 Å². The molecule has 2 saturated heterocycles. The molecule has 1 aromatic carbocycles. The van der Waals surface area contributed by atoms with Crippen LogP contribution in [0.5, 0.6) is 0 Å². The summed E-state index contributed by atoms with van der Waals surface area (Å²) < 4.78 is 18.1. The van der Waals surface area contributed by atoms with E-state index in [9.17, 15) is 5.11 Å². The van der Waals surface area contributed by atoms with Gasteiger partial charge in [0, 0.05) is 19.4 Å². The third kappa shape index (κ3) is 3.37. The van der Waals surface area contributed by atoms with Gasteiger partial charge in [-0.1, -0.05) is 36.8 Å². The second-order valence-corrected chi connectivity index (χ2v) is 7.14. The molecule has 2 heterocycles. The van der Waals surface area contributed by atoms with Gasteiger partial charge in [0.05, 0.1) is 0 Å². The Morgan fingerprint density at radius 2 is 1.88 bits per heavy atom. The number of hydrogen-bond acceptors (Lipinski definition) is 5. The van der Waals surface area contributed by atoms with Gasteiger partial charge in [0.15, 0.2) is 12.1 Å². The lowest BCUT2D eigenvalue weighted by Gasteiger charge is -2.33. The monoisotopic (exact) mass is 333 g/mol. The van der Waals surface area contributed by atoms with Gasteiger partial charge in [-0.25, -0.2) is 0 Å². The number of benzene rings is 1. The largest absolute Gasteiger partial charge is 0.387 e. The number of hydrogen-bond donors (Lipinski definition) is 2. The maximum absolute atomic E-state index is 10.5. The molecule has 4 atom stereocenters. The minimum atomic E-state index is -0.625. The summed E-state index contributed by atoms with van der Waals surface area (Å²) in [5, 5.41) is 13.9. The second kappa shape index (κ2) is 7.10. The second-order valence-electron chi connectivity index (χ2n) is 7.14. The summed E-state index contributed by atoms with van der Waals surface area (Å²) in [5.74, 6) is -0.500. The summed E-state index contributed by atoms with van der Waals surface area (Å²) >= 11 is 0. The molecule has 1 spiro atoms. The van der Waals surface area contributed by atoms with Crippen LogP contribution in [0.3, 0.4) is 0 Å². The highest BCUT2D eigenvalue weighted by atomic mass is 16.8. The molecule has 1 saturated carbocycles.